The predicted octanol–water partition coefficient (Wildman–Crippen LogP) is 1.95. The van der Waals surface area contributed by atoms with Crippen LogP contribution < -0.4 is 4.90 Å². The molecular formula is C22H26N4O4. The number of carbonyl (C=O) groups excluding carboxylic acids is 3. The van der Waals surface area contributed by atoms with E-state index in [0.29, 0.717) is 50.5 Å². The lowest BCUT2D eigenvalue weighted by atomic mass is 10.1. The average molecular weight is 410 g/mol. The second-order valence-corrected chi connectivity index (χ2v) is 7.85. The van der Waals surface area contributed by atoms with Crippen molar-refractivity contribution in [3.63, 3.8) is 0 Å². The quantitative estimate of drug-likeness (QED) is 0.769. The number of carbonyl (C=O) groups is 3. The monoisotopic (exact) mass is 410 g/mol. The Hall–Kier alpha value is -3.16. The minimum absolute atomic E-state index is 0.0195. The molecule has 158 valence electrons. The Bertz CT molecular complexity index is 956. The van der Waals surface area contributed by atoms with Gasteiger partial charge in [0.05, 0.1) is 12.1 Å². The van der Waals surface area contributed by atoms with Crippen molar-refractivity contribution in [3.8, 4) is 0 Å². The molecule has 0 aliphatic carbocycles. The van der Waals surface area contributed by atoms with E-state index in [-0.39, 0.29) is 24.1 Å². The van der Waals surface area contributed by atoms with Crippen LogP contribution in [0, 0.1) is 13.8 Å². The van der Waals surface area contributed by atoms with E-state index >= 15 is 0 Å². The number of aromatic nitrogens is 1. The Labute approximate surface area is 175 Å². The Balaban J connectivity index is 1.36. The van der Waals surface area contributed by atoms with E-state index in [1.165, 1.54) is 0 Å². The molecule has 3 heterocycles. The Morgan fingerprint density at radius 3 is 2.43 bits per heavy atom. The van der Waals surface area contributed by atoms with Crippen LogP contribution in [0.2, 0.25) is 0 Å². The number of hydrogen-bond donors (Lipinski definition) is 0. The lowest BCUT2D eigenvalue weighted by Gasteiger charge is -2.35. The molecule has 3 amide bonds. The van der Waals surface area contributed by atoms with Gasteiger partial charge in [-0.3, -0.25) is 14.4 Å². The summed E-state index contributed by atoms with van der Waals surface area (Å²) in [6, 6.07) is 7.25. The maximum Gasteiger partial charge on any atom is 0.254 e. The van der Waals surface area contributed by atoms with Gasteiger partial charge < -0.3 is 19.2 Å². The van der Waals surface area contributed by atoms with Crippen molar-refractivity contribution < 1.29 is 18.9 Å². The van der Waals surface area contributed by atoms with E-state index in [9.17, 15) is 14.4 Å². The van der Waals surface area contributed by atoms with Gasteiger partial charge in [-0.15, -0.1) is 0 Å². The van der Waals surface area contributed by atoms with Crippen LogP contribution in [0.15, 0.2) is 28.8 Å². The summed E-state index contributed by atoms with van der Waals surface area (Å²) in [4.78, 5) is 42.9. The topological polar surface area (TPSA) is 87.0 Å². The van der Waals surface area contributed by atoms with Crippen LogP contribution >= 0.6 is 0 Å². The smallest absolute Gasteiger partial charge is 0.254 e. The van der Waals surface area contributed by atoms with Crippen molar-refractivity contribution in [1.82, 2.24) is 15.0 Å². The Morgan fingerprint density at radius 1 is 1.07 bits per heavy atom. The summed E-state index contributed by atoms with van der Waals surface area (Å²) < 4.78 is 5.14. The summed E-state index contributed by atoms with van der Waals surface area (Å²) >= 11 is 0. The number of amides is 3. The highest BCUT2D eigenvalue weighted by Gasteiger charge is 2.27. The van der Waals surface area contributed by atoms with Crippen molar-refractivity contribution in [3.05, 3.63) is 46.8 Å². The van der Waals surface area contributed by atoms with Crippen LogP contribution in [-0.2, 0) is 16.0 Å². The molecule has 8 heteroatoms. The van der Waals surface area contributed by atoms with Gasteiger partial charge in [-0.25, -0.2) is 0 Å². The number of piperazine rings is 1. The highest BCUT2D eigenvalue weighted by atomic mass is 16.5. The summed E-state index contributed by atoms with van der Waals surface area (Å²) in [5, 5.41) is 3.90. The van der Waals surface area contributed by atoms with Gasteiger partial charge in [0.2, 0.25) is 11.8 Å². The number of nitrogens with zero attached hydrogens (tertiary/aromatic N) is 4. The highest BCUT2D eigenvalue weighted by molar-refractivity contribution is 5.99. The Morgan fingerprint density at radius 2 is 1.80 bits per heavy atom. The SMILES string of the molecule is Cc1noc(C)c1CC(=O)N1CCN(C(=O)c2cccc(N3CCCC3=O)c2)CC1. The highest BCUT2D eigenvalue weighted by Crippen LogP contribution is 2.23. The molecule has 0 N–H and O–H groups in total. The van der Waals surface area contributed by atoms with Gasteiger partial charge in [-0.2, -0.15) is 0 Å². The van der Waals surface area contributed by atoms with E-state index in [0.717, 1.165) is 23.4 Å². The van der Waals surface area contributed by atoms with E-state index in [1.807, 2.05) is 26.0 Å². The second-order valence-electron chi connectivity index (χ2n) is 7.85. The first-order valence-corrected chi connectivity index (χ1v) is 10.3. The maximum absolute atomic E-state index is 13.0. The molecule has 0 atom stereocenters. The zero-order valence-corrected chi connectivity index (χ0v) is 17.4. The maximum atomic E-state index is 13.0. The van der Waals surface area contributed by atoms with E-state index in [1.54, 1.807) is 26.8 Å². The van der Waals surface area contributed by atoms with E-state index in [4.69, 9.17) is 4.52 Å². The van der Waals surface area contributed by atoms with Gasteiger partial charge in [0.1, 0.15) is 5.76 Å². The fourth-order valence-electron chi connectivity index (χ4n) is 4.09. The predicted molar refractivity (Wildman–Crippen MR) is 110 cm³/mol. The number of aryl methyl sites for hydroxylation is 2. The third-order valence-electron chi connectivity index (χ3n) is 5.91. The fourth-order valence-corrected chi connectivity index (χ4v) is 4.09. The molecule has 2 saturated heterocycles. The zero-order valence-electron chi connectivity index (χ0n) is 17.4. The van der Waals surface area contributed by atoms with Crippen molar-refractivity contribution in [1.29, 1.82) is 0 Å². The van der Waals surface area contributed by atoms with Crippen molar-refractivity contribution in [2.24, 2.45) is 0 Å². The summed E-state index contributed by atoms with van der Waals surface area (Å²) in [5.74, 6) is 0.725. The molecule has 0 unspecified atom stereocenters. The molecule has 8 nitrogen and oxygen atoms in total. The molecule has 4 rings (SSSR count). The Kier molecular flexibility index (Phi) is 5.57. The van der Waals surface area contributed by atoms with Crippen LogP contribution in [0.5, 0.6) is 0 Å². The molecule has 0 saturated carbocycles. The van der Waals surface area contributed by atoms with Crippen LogP contribution in [0.3, 0.4) is 0 Å². The molecule has 2 aliphatic heterocycles. The molecule has 2 aliphatic rings. The van der Waals surface area contributed by atoms with Crippen LogP contribution in [0.1, 0.15) is 40.2 Å². The lowest BCUT2D eigenvalue weighted by molar-refractivity contribution is -0.132. The largest absolute Gasteiger partial charge is 0.361 e. The third kappa shape index (κ3) is 3.94. The first-order valence-electron chi connectivity index (χ1n) is 10.3. The summed E-state index contributed by atoms with van der Waals surface area (Å²) in [6.07, 6.45) is 1.67. The molecule has 2 fully saturated rings. The average Bonchev–Trinajstić information content (AvgIpc) is 3.33. The molecule has 30 heavy (non-hydrogen) atoms. The zero-order chi connectivity index (χ0) is 21.3. The third-order valence-corrected chi connectivity index (χ3v) is 5.91. The van der Waals surface area contributed by atoms with Gasteiger partial charge in [0.15, 0.2) is 0 Å². The van der Waals surface area contributed by atoms with Gasteiger partial charge in [-0.05, 0) is 38.5 Å². The molecule has 0 bridgehead atoms. The van der Waals surface area contributed by atoms with Gasteiger partial charge in [-0.1, -0.05) is 11.2 Å². The fraction of sp³-hybridized carbons (Fsp3) is 0.455. The number of hydrogen-bond acceptors (Lipinski definition) is 5. The molecular weight excluding hydrogens is 384 g/mol. The van der Waals surface area contributed by atoms with Crippen LogP contribution in [-0.4, -0.2) is 65.4 Å². The van der Waals surface area contributed by atoms with Gasteiger partial charge in [0, 0.05) is 56.0 Å². The van der Waals surface area contributed by atoms with Gasteiger partial charge >= 0.3 is 0 Å². The minimum atomic E-state index is -0.0682. The lowest BCUT2D eigenvalue weighted by Crippen LogP contribution is -2.51. The summed E-state index contributed by atoms with van der Waals surface area (Å²) in [6.45, 7) is 6.31. The second kappa shape index (κ2) is 8.30. The van der Waals surface area contributed by atoms with Gasteiger partial charge in [0.25, 0.3) is 5.91 Å². The van der Waals surface area contributed by atoms with Crippen LogP contribution in [0.25, 0.3) is 0 Å². The standard InChI is InChI=1S/C22H26N4O4/c1-15-19(16(2)30-23-15)14-21(28)24-9-11-25(12-10-24)22(29)17-5-3-6-18(13-17)26-8-4-7-20(26)27/h3,5-6,13H,4,7-12,14H2,1-2H3. The molecule has 0 radical (unpaired) electrons. The van der Waals surface area contributed by atoms with Crippen molar-refractivity contribution in [2.45, 2.75) is 33.1 Å². The summed E-state index contributed by atoms with van der Waals surface area (Å²) in [7, 11) is 0. The van der Waals surface area contributed by atoms with E-state index in [2.05, 4.69) is 5.16 Å². The van der Waals surface area contributed by atoms with E-state index < -0.39 is 0 Å². The van der Waals surface area contributed by atoms with Crippen molar-refractivity contribution in [2.75, 3.05) is 37.6 Å². The number of anilines is 1. The summed E-state index contributed by atoms with van der Waals surface area (Å²) in [5.41, 5.74) is 2.93. The first-order chi connectivity index (χ1) is 14.4. The normalized spacial score (nSPS) is 17.0. The van der Waals surface area contributed by atoms with Crippen molar-refractivity contribution >= 4 is 23.4 Å². The number of benzene rings is 1. The number of rotatable bonds is 4. The van der Waals surface area contributed by atoms with Crippen LogP contribution in [0.4, 0.5) is 5.69 Å². The molecule has 2 aromatic rings. The first kappa shape index (κ1) is 20.1. The minimum Gasteiger partial charge on any atom is -0.361 e. The molecule has 1 aromatic carbocycles. The molecule has 1 aromatic heterocycles. The molecule has 0 spiro atoms.